The second-order valence-electron chi connectivity index (χ2n) is 18.6. The minimum atomic E-state index is -4.03. The van der Waals surface area contributed by atoms with Gasteiger partial charge in [0.1, 0.15) is 29.5 Å². The monoisotopic (exact) mass is 843 g/mol. The third kappa shape index (κ3) is 8.68. The van der Waals surface area contributed by atoms with Gasteiger partial charge in [-0.1, -0.05) is 71.0 Å². The van der Waals surface area contributed by atoms with Gasteiger partial charge in [0.2, 0.25) is 27.7 Å². The normalized spacial score (nSPS) is 28.0. The highest BCUT2D eigenvalue weighted by molar-refractivity contribution is 7.91. The van der Waals surface area contributed by atoms with Crippen LogP contribution in [0.25, 0.3) is 22.0 Å². The van der Waals surface area contributed by atoms with Crippen molar-refractivity contribution in [3.8, 4) is 22.9 Å². The maximum atomic E-state index is 14.7. The Morgan fingerprint density at radius 3 is 2.40 bits per heavy atom. The zero-order valence-electron chi connectivity index (χ0n) is 35.4. The lowest BCUT2D eigenvalue weighted by molar-refractivity contribution is -0.142. The fourth-order valence-corrected chi connectivity index (χ4v) is 9.91. The molecule has 3 fully saturated rings. The Hall–Kier alpha value is -5.18. The third-order valence-electron chi connectivity index (χ3n) is 12.9. The molecule has 3 heterocycles. The predicted octanol–water partition coefficient (Wildman–Crippen LogP) is 6.08. The Morgan fingerprint density at radius 2 is 1.75 bits per heavy atom. The van der Waals surface area contributed by atoms with Gasteiger partial charge in [-0.05, 0) is 97.9 Å². The SMILES string of the molecule is COc1ccc2c(O[C@@H]3C[C@H]4C(=O)N[C@]5(C(=O)NS(=O)(=O)C6(C)CC6)C[C@H]5C=CCC[C@@H](C)C[C@@H](C)[C@H](NC(=O)O)C(=O)N4C3)nc(-c3ccc(C(C)(C)C)cc3)cc2c1. The van der Waals surface area contributed by atoms with E-state index >= 15 is 0 Å². The summed E-state index contributed by atoms with van der Waals surface area (Å²) in [6.45, 7) is 11.8. The van der Waals surface area contributed by atoms with E-state index < -0.39 is 74.1 Å². The molecule has 7 atom stereocenters. The molecule has 0 unspecified atom stereocenters. The van der Waals surface area contributed by atoms with Gasteiger partial charge >= 0.3 is 6.09 Å². The summed E-state index contributed by atoms with van der Waals surface area (Å²) in [6.07, 6.45) is 4.55. The molecule has 2 aromatic carbocycles. The van der Waals surface area contributed by atoms with E-state index in [0.29, 0.717) is 42.5 Å². The van der Waals surface area contributed by atoms with Crippen molar-refractivity contribution in [3.63, 3.8) is 0 Å². The Labute approximate surface area is 351 Å². The highest BCUT2D eigenvalue weighted by Crippen LogP contribution is 2.48. The topological polar surface area (TPSA) is 193 Å². The second kappa shape index (κ2) is 16.0. The molecule has 0 radical (unpaired) electrons. The zero-order chi connectivity index (χ0) is 43.4. The minimum Gasteiger partial charge on any atom is -0.497 e. The predicted molar refractivity (Wildman–Crippen MR) is 227 cm³/mol. The third-order valence-corrected chi connectivity index (χ3v) is 15.0. The largest absolute Gasteiger partial charge is 0.497 e. The molecule has 2 aliphatic carbocycles. The van der Waals surface area contributed by atoms with Crippen LogP contribution in [0.3, 0.4) is 0 Å². The first-order valence-corrected chi connectivity index (χ1v) is 22.3. The fraction of sp³-hybridized carbons (Fsp3) is 0.533. The van der Waals surface area contributed by atoms with Gasteiger partial charge in [0.05, 0.1) is 24.1 Å². The average molecular weight is 844 g/mol. The van der Waals surface area contributed by atoms with E-state index in [-0.39, 0.29) is 36.6 Å². The molecule has 4 aliphatic rings. The quantitative estimate of drug-likeness (QED) is 0.193. The summed E-state index contributed by atoms with van der Waals surface area (Å²) in [5.41, 5.74) is 1.03. The first-order chi connectivity index (χ1) is 28.2. The molecule has 322 valence electrons. The van der Waals surface area contributed by atoms with E-state index in [1.54, 1.807) is 20.1 Å². The number of carboxylic acid groups (broad SMARTS) is 1. The van der Waals surface area contributed by atoms with Gasteiger partial charge in [0, 0.05) is 23.3 Å². The van der Waals surface area contributed by atoms with Crippen LogP contribution >= 0.6 is 0 Å². The number of ether oxygens (including phenoxy) is 2. The van der Waals surface area contributed by atoms with Crippen LogP contribution in [0.2, 0.25) is 0 Å². The summed E-state index contributed by atoms with van der Waals surface area (Å²) >= 11 is 0. The average Bonchev–Trinajstić information content (AvgIpc) is 4.07. The highest BCUT2D eigenvalue weighted by atomic mass is 32.2. The number of carbonyl (C=O) groups excluding carboxylic acids is 3. The molecule has 2 saturated carbocycles. The first-order valence-electron chi connectivity index (χ1n) is 20.9. The molecule has 14 nitrogen and oxygen atoms in total. The summed E-state index contributed by atoms with van der Waals surface area (Å²) in [5.74, 6) is -1.98. The molecule has 0 bridgehead atoms. The molecular formula is C45H57N5O9S. The number of allylic oxidation sites excluding steroid dienone is 1. The van der Waals surface area contributed by atoms with Crippen molar-refractivity contribution in [3.05, 3.63) is 66.2 Å². The maximum Gasteiger partial charge on any atom is 0.405 e. The summed E-state index contributed by atoms with van der Waals surface area (Å²) in [7, 11) is -2.44. The van der Waals surface area contributed by atoms with E-state index in [0.717, 1.165) is 22.9 Å². The van der Waals surface area contributed by atoms with E-state index in [9.17, 15) is 32.7 Å². The summed E-state index contributed by atoms with van der Waals surface area (Å²) in [6, 6.07) is 13.2. The standard InChI is InChI=1S/C45H57N5O9S/c1-26-10-8-9-11-31-24-45(31,41(53)49-60(56,57)44(6)18-19-44)48-38(51)36-23-33(25-50(36)40(52)37(27(2)20-26)47-42(54)55)59-39-34-17-16-32(58-7)21-29(34)22-35(46-39)28-12-14-30(15-13-28)43(3,4)5/h9,11-17,21-22,26-27,31,33,36-37,47H,8,10,18-20,23-25H2,1-7H3,(H,48,51)(H,49,53)(H,54,55)/t26-,27-,31-,33-,36+,37+,45-/m1/s1. The van der Waals surface area contributed by atoms with E-state index in [2.05, 4.69) is 48.3 Å². The molecule has 4 amide bonds. The van der Waals surface area contributed by atoms with Gasteiger partial charge in [-0.2, -0.15) is 0 Å². The molecule has 3 aromatic rings. The van der Waals surface area contributed by atoms with Gasteiger partial charge in [-0.25, -0.2) is 18.2 Å². The number of hydrogen-bond donors (Lipinski definition) is 4. The summed E-state index contributed by atoms with van der Waals surface area (Å²) < 4.78 is 39.9. The molecule has 2 aliphatic heterocycles. The lowest BCUT2D eigenvalue weighted by Crippen LogP contribution is -2.59. The van der Waals surface area contributed by atoms with Crippen LogP contribution in [0.15, 0.2) is 60.7 Å². The minimum absolute atomic E-state index is 0.0133. The van der Waals surface area contributed by atoms with Crippen molar-refractivity contribution in [1.82, 2.24) is 25.2 Å². The van der Waals surface area contributed by atoms with Gasteiger partial charge < -0.3 is 30.1 Å². The zero-order valence-corrected chi connectivity index (χ0v) is 36.2. The number of aromatic nitrogens is 1. The number of rotatable bonds is 8. The number of methoxy groups -OCH3 is 1. The van der Waals surface area contributed by atoms with Gasteiger partial charge in [-0.15, -0.1) is 0 Å². The number of nitrogens with one attached hydrogen (secondary N) is 3. The van der Waals surface area contributed by atoms with Crippen LogP contribution in [0, 0.1) is 17.8 Å². The lowest BCUT2D eigenvalue weighted by atomic mass is 9.86. The van der Waals surface area contributed by atoms with Crippen LogP contribution in [-0.4, -0.2) is 89.4 Å². The molecule has 15 heteroatoms. The smallest absolute Gasteiger partial charge is 0.405 e. The van der Waals surface area contributed by atoms with E-state index in [4.69, 9.17) is 14.5 Å². The molecule has 1 saturated heterocycles. The fourth-order valence-electron chi connectivity index (χ4n) is 8.60. The molecule has 4 N–H and O–H groups in total. The number of pyridine rings is 1. The van der Waals surface area contributed by atoms with Gasteiger partial charge in [0.25, 0.3) is 5.91 Å². The van der Waals surface area contributed by atoms with E-state index in [1.165, 1.54) is 4.90 Å². The van der Waals surface area contributed by atoms with Crippen molar-refractivity contribution >= 4 is 44.6 Å². The van der Waals surface area contributed by atoms with Crippen molar-refractivity contribution in [2.75, 3.05) is 13.7 Å². The van der Waals surface area contributed by atoms with Gasteiger partial charge in [-0.3, -0.25) is 19.1 Å². The molecular weight excluding hydrogens is 787 g/mol. The first kappa shape index (κ1) is 42.9. The van der Waals surface area contributed by atoms with E-state index in [1.807, 2.05) is 56.3 Å². The van der Waals surface area contributed by atoms with Crippen molar-refractivity contribution in [2.24, 2.45) is 17.8 Å². The Balaban J connectivity index is 1.25. The van der Waals surface area contributed by atoms with Crippen molar-refractivity contribution < 1.29 is 42.2 Å². The van der Waals surface area contributed by atoms with Crippen LogP contribution < -0.4 is 24.8 Å². The molecule has 0 spiro atoms. The second-order valence-corrected chi connectivity index (χ2v) is 20.8. The number of hydrogen-bond acceptors (Lipinski definition) is 9. The molecule has 1 aromatic heterocycles. The number of sulfonamides is 1. The number of nitrogens with zero attached hydrogens (tertiary/aromatic N) is 2. The van der Waals surface area contributed by atoms with Crippen molar-refractivity contribution in [2.45, 2.75) is 120 Å². The summed E-state index contributed by atoms with van der Waals surface area (Å²) in [5, 5.41) is 16.7. The van der Waals surface area contributed by atoms with Gasteiger partial charge in [0.15, 0.2) is 0 Å². The van der Waals surface area contributed by atoms with Crippen LogP contribution in [0.5, 0.6) is 11.6 Å². The van der Waals surface area contributed by atoms with Crippen LogP contribution in [0.4, 0.5) is 4.79 Å². The highest BCUT2D eigenvalue weighted by Gasteiger charge is 2.63. The lowest BCUT2D eigenvalue weighted by Gasteiger charge is -2.32. The Morgan fingerprint density at radius 1 is 1.03 bits per heavy atom. The van der Waals surface area contributed by atoms with Crippen LogP contribution in [-0.2, 0) is 29.8 Å². The summed E-state index contributed by atoms with van der Waals surface area (Å²) in [4.78, 5) is 61.7. The molecule has 7 rings (SSSR count). The number of carbonyl (C=O) groups is 4. The Bertz CT molecular complexity index is 2320. The number of benzene rings is 2. The number of fused-ring (bicyclic) bond motifs is 3. The van der Waals surface area contributed by atoms with Crippen LogP contribution in [0.1, 0.15) is 92.1 Å². The molecule has 60 heavy (non-hydrogen) atoms. The number of amides is 4. The Kier molecular flexibility index (Phi) is 11.5. The maximum absolute atomic E-state index is 14.7. The van der Waals surface area contributed by atoms with Crippen molar-refractivity contribution in [1.29, 1.82) is 0 Å².